The van der Waals surface area contributed by atoms with E-state index in [1.807, 2.05) is 24.3 Å². The minimum absolute atomic E-state index is 0.553. The lowest BCUT2D eigenvalue weighted by atomic mass is 10.2. The second-order valence-electron chi connectivity index (χ2n) is 6.46. The van der Waals surface area contributed by atoms with E-state index in [0.717, 1.165) is 38.0 Å². The molecule has 3 aromatic heterocycles. The van der Waals surface area contributed by atoms with Crippen LogP contribution >= 0.6 is 23.3 Å². The fourth-order valence-corrected chi connectivity index (χ4v) is 4.54. The molecule has 0 saturated heterocycles. The molecule has 27 heavy (non-hydrogen) atoms. The number of pyridine rings is 1. The lowest BCUT2D eigenvalue weighted by molar-refractivity contribution is 0.877. The van der Waals surface area contributed by atoms with E-state index in [0.29, 0.717) is 5.92 Å². The molecule has 1 aliphatic rings. The number of para-hydroxylation sites is 1. The molecule has 1 saturated carbocycles. The minimum Gasteiger partial charge on any atom is -0.269 e. The molecule has 0 spiro atoms. The van der Waals surface area contributed by atoms with Crippen molar-refractivity contribution in [2.75, 3.05) is 0 Å². The summed E-state index contributed by atoms with van der Waals surface area (Å²) in [5.41, 5.74) is 3.19. The predicted molar refractivity (Wildman–Crippen MR) is 105 cm³/mol. The molecule has 0 aliphatic heterocycles. The Morgan fingerprint density at radius 1 is 1.07 bits per heavy atom. The Balaban J connectivity index is 1.60. The van der Waals surface area contributed by atoms with Crippen molar-refractivity contribution < 1.29 is 0 Å². The predicted octanol–water partition coefficient (Wildman–Crippen LogP) is 4.52. The molecule has 5 rings (SSSR count). The third-order valence-electron chi connectivity index (χ3n) is 4.47. The van der Waals surface area contributed by atoms with Crippen LogP contribution in [-0.4, -0.2) is 29.1 Å². The van der Waals surface area contributed by atoms with Gasteiger partial charge in [-0.3, -0.25) is 9.55 Å². The number of rotatable bonds is 5. The molecule has 0 amide bonds. The van der Waals surface area contributed by atoms with Crippen LogP contribution in [0.25, 0.3) is 17.1 Å². The highest BCUT2D eigenvalue weighted by molar-refractivity contribution is 8.00. The Morgan fingerprint density at radius 2 is 1.89 bits per heavy atom. The minimum atomic E-state index is 0.553. The molecule has 0 N–H and O–H groups in total. The molecular weight excluding hydrogens is 376 g/mol. The van der Waals surface area contributed by atoms with E-state index in [2.05, 4.69) is 48.2 Å². The molecule has 8 heteroatoms. The van der Waals surface area contributed by atoms with Gasteiger partial charge in [-0.15, -0.1) is 10.2 Å². The molecule has 6 nitrogen and oxygen atoms in total. The summed E-state index contributed by atoms with van der Waals surface area (Å²) in [5.74, 6) is 2.32. The first kappa shape index (κ1) is 16.6. The molecule has 0 atom stereocenters. The summed E-state index contributed by atoms with van der Waals surface area (Å²) in [7, 11) is 0. The van der Waals surface area contributed by atoms with Gasteiger partial charge < -0.3 is 0 Å². The third-order valence-corrected chi connectivity index (χ3v) is 6.18. The van der Waals surface area contributed by atoms with Crippen LogP contribution in [0.15, 0.2) is 58.3 Å². The fourth-order valence-electron chi connectivity index (χ4n) is 2.90. The van der Waals surface area contributed by atoms with Crippen LogP contribution in [-0.2, 0) is 0 Å². The zero-order chi connectivity index (χ0) is 18.2. The number of nitrogens with zero attached hydrogens (tertiary/aromatic N) is 6. The van der Waals surface area contributed by atoms with Crippen molar-refractivity contribution in [3.63, 3.8) is 0 Å². The van der Waals surface area contributed by atoms with Gasteiger partial charge in [-0.05, 0) is 66.8 Å². The van der Waals surface area contributed by atoms with Crippen LogP contribution in [0.2, 0.25) is 0 Å². The van der Waals surface area contributed by atoms with Gasteiger partial charge in [0, 0.05) is 23.9 Å². The normalized spacial score (nSPS) is 13.8. The van der Waals surface area contributed by atoms with Gasteiger partial charge in [0.25, 0.3) is 0 Å². The topological polar surface area (TPSA) is 69.4 Å². The molecule has 0 unspecified atom stereocenters. The standard InChI is InChI=1S/C19H16N6S2/c1-12-4-2-3-5-15(12)25-17(14-8-10-20-11-9-14)22-23-18(25)26-19-21-16(24-27-19)13-6-7-13/h2-5,8-11,13H,6-7H2,1H3. The maximum Gasteiger partial charge on any atom is 0.203 e. The Morgan fingerprint density at radius 3 is 2.67 bits per heavy atom. The van der Waals surface area contributed by atoms with Gasteiger partial charge in [0.1, 0.15) is 5.82 Å². The summed E-state index contributed by atoms with van der Waals surface area (Å²) in [6, 6.07) is 12.1. The number of hydrogen-bond acceptors (Lipinski definition) is 7. The summed E-state index contributed by atoms with van der Waals surface area (Å²) in [5, 5.41) is 9.73. The second-order valence-corrected chi connectivity index (χ2v) is 8.43. The Kier molecular flexibility index (Phi) is 4.21. The molecule has 3 heterocycles. The van der Waals surface area contributed by atoms with Gasteiger partial charge in [-0.25, -0.2) is 4.98 Å². The zero-order valence-corrected chi connectivity index (χ0v) is 16.2. The van der Waals surface area contributed by atoms with Crippen LogP contribution in [0, 0.1) is 6.92 Å². The van der Waals surface area contributed by atoms with Gasteiger partial charge in [-0.1, -0.05) is 18.2 Å². The lowest BCUT2D eigenvalue weighted by Gasteiger charge is -2.12. The summed E-state index contributed by atoms with van der Waals surface area (Å²) in [6.45, 7) is 2.09. The lowest BCUT2D eigenvalue weighted by Crippen LogP contribution is -2.01. The first-order valence-corrected chi connectivity index (χ1v) is 10.3. The van der Waals surface area contributed by atoms with Crippen LogP contribution in [0.1, 0.15) is 30.1 Å². The first-order valence-electron chi connectivity index (χ1n) is 8.73. The van der Waals surface area contributed by atoms with Gasteiger partial charge in [0.15, 0.2) is 10.2 Å². The highest BCUT2D eigenvalue weighted by Gasteiger charge is 2.28. The van der Waals surface area contributed by atoms with Crippen LogP contribution < -0.4 is 0 Å². The van der Waals surface area contributed by atoms with E-state index in [9.17, 15) is 0 Å². The average molecular weight is 393 g/mol. The Labute approximate surface area is 164 Å². The largest absolute Gasteiger partial charge is 0.269 e. The second kappa shape index (κ2) is 6.86. The Bertz CT molecular complexity index is 1080. The molecule has 1 fully saturated rings. The number of aromatic nitrogens is 6. The molecule has 0 radical (unpaired) electrons. The highest BCUT2D eigenvalue weighted by atomic mass is 32.2. The van der Waals surface area contributed by atoms with Crippen LogP contribution in [0.4, 0.5) is 0 Å². The SMILES string of the molecule is Cc1ccccc1-n1c(Sc2nc(C3CC3)ns2)nnc1-c1ccncc1. The van der Waals surface area contributed by atoms with E-state index < -0.39 is 0 Å². The van der Waals surface area contributed by atoms with Gasteiger partial charge in [0.05, 0.1) is 5.69 Å². The number of benzene rings is 1. The highest BCUT2D eigenvalue weighted by Crippen LogP contribution is 2.41. The summed E-state index contributed by atoms with van der Waals surface area (Å²) >= 11 is 2.95. The van der Waals surface area contributed by atoms with Crippen LogP contribution in [0.5, 0.6) is 0 Å². The van der Waals surface area contributed by atoms with Gasteiger partial charge >= 0.3 is 0 Å². The maximum absolute atomic E-state index is 4.69. The first-order chi connectivity index (χ1) is 13.3. The van der Waals surface area contributed by atoms with Gasteiger partial charge in [0.2, 0.25) is 5.16 Å². The molecule has 1 aromatic carbocycles. The van der Waals surface area contributed by atoms with E-state index >= 15 is 0 Å². The van der Waals surface area contributed by atoms with Crippen LogP contribution in [0.3, 0.4) is 0 Å². The average Bonchev–Trinajstić information content (AvgIpc) is 3.31. The fraction of sp³-hybridized carbons (Fsp3) is 0.211. The molecule has 1 aliphatic carbocycles. The van der Waals surface area contributed by atoms with E-state index in [1.165, 1.54) is 36.1 Å². The molecule has 134 valence electrons. The molecule has 0 bridgehead atoms. The monoisotopic (exact) mass is 392 g/mol. The smallest absolute Gasteiger partial charge is 0.203 e. The molecular formula is C19H16N6S2. The quantitative estimate of drug-likeness (QED) is 0.497. The van der Waals surface area contributed by atoms with Crippen molar-refractivity contribution >= 4 is 23.3 Å². The Hall–Kier alpha value is -2.58. The van der Waals surface area contributed by atoms with Crippen molar-refractivity contribution in [3.05, 3.63) is 60.2 Å². The zero-order valence-electron chi connectivity index (χ0n) is 14.6. The van der Waals surface area contributed by atoms with E-state index in [4.69, 9.17) is 0 Å². The number of aryl methyl sites for hydroxylation is 1. The maximum atomic E-state index is 4.69. The summed E-state index contributed by atoms with van der Waals surface area (Å²) < 4.78 is 7.50. The van der Waals surface area contributed by atoms with E-state index in [1.54, 1.807) is 12.4 Å². The van der Waals surface area contributed by atoms with Crippen molar-refractivity contribution in [2.24, 2.45) is 0 Å². The summed E-state index contributed by atoms with van der Waals surface area (Å²) in [4.78, 5) is 8.80. The number of hydrogen-bond donors (Lipinski definition) is 0. The van der Waals surface area contributed by atoms with Crippen molar-refractivity contribution in [2.45, 2.75) is 35.2 Å². The van der Waals surface area contributed by atoms with Crippen molar-refractivity contribution in [1.82, 2.24) is 29.1 Å². The van der Waals surface area contributed by atoms with Gasteiger partial charge in [-0.2, -0.15) is 4.37 Å². The van der Waals surface area contributed by atoms with Crippen molar-refractivity contribution in [3.8, 4) is 17.1 Å². The van der Waals surface area contributed by atoms with E-state index in [-0.39, 0.29) is 0 Å². The summed E-state index contributed by atoms with van der Waals surface area (Å²) in [6.07, 6.45) is 5.94. The molecule has 4 aromatic rings. The van der Waals surface area contributed by atoms with Crippen molar-refractivity contribution in [1.29, 1.82) is 0 Å². The third kappa shape index (κ3) is 3.26.